The van der Waals surface area contributed by atoms with Crippen LogP contribution in [0.15, 0.2) is 23.1 Å². The number of halogens is 1. The van der Waals surface area contributed by atoms with Gasteiger partial charge in [-0.05, 0) is 36.6 Å². The summed E-state index contributed by atoms with van der Waals surface area (Å²) in [5.74, 6) is -2.21. The minimum absolute atomic E-state index is 0.124. The molecule has 19 heavy (non-hydrogen) atoms. The third-order valence-corrected chi connectivity index (χ3v) is 4.24. The molecule has 7 heteroatoms. The van der Waals surface area contributed by atoms with E-state index in [-0.39, 0.29) is 10.5 Å². The average molecular weight is 289 g/mol. The molecule has 0 saturated heterocycles. The number of hydrogen-bond donors (Lipinski definition) is 2. The Labute approximate surface area is 111 Å². The monoisotopic (exact) mass is 289 g/mol. The lowest BCUT2D eigenvalue weighted by atomic mass is 10.1. The second kappa shape index (κ2) is 5.66. The lowest BCUT2D eigenvalue weighted by Gasteiger charge is -2.18. The molecule has 0 saturated carbocycles. The number of rotatable bonds is 5. The Bertz CT molecular complexity index is 583. The van der Waals surface area contributed by atoms with Gasteiger partial charge in [-0.15, -0.1) is 0 Å². The van der Waals surface area contributed by atoms with Gasteiger partial charge in [0.15, 0.2) is 0 Å². The molecule has 0 heterocycles. The molecule has 0 aromatic heterocycles. The molecule has 0 amide bonds. The van der Waals surface area contributed by atoms with Crippen molar-refractivity contribution < 1.29 is 22.7 Å². The number of carboxylic acid groups (broad SMARTS) is 1. The van der Waals surface area contributed by atoms with Crippen LogP contribution >= 0.6 is 0 Å². The minimum Gasteiger partial charge on any atom is -0.480 e. The predicted molar refractivity (Wildman–Crippen MR) is 67.7 cm³/mol. The van der Waals surface area contributed by atoms with E-state index in [0.29, 0.717) is 0 Å². The molecule has 2 N–H and O–H groups in total. The molecule has 0 fully saturated rings. The molecule has 0 radical (unpaired) electrons. The molecular weight excluding hydrogens is 273 g/mol. The Balaban J connectivity index is 3.14. The minimum atomic E-state index is -3.99. The fourth-order valence-electron chi connectivity index (χ4n) is 1.62. The van der Waals surface area contributed by atoms with Crippen molar-refractivity contribution in [3.8, 4) is 0 Å². The molecule has 5 nitrogen and oxygen atoms in total. The second-order valence-electron chi connectivity index (χ2n) is 4.59. The summed E-state index contributed by atoms with van der Waals surface area (Å²) in [6.45, 7) is 4.64. The van der Waals surface area contributed by atoms with E-state index < -0.39 is 33.8 Å². The molecular formula is C12H16FNO4S. The molecule has 0 aliphatic rings. The molecule has 1 atom stereocenters. The van der Waals surface area contributed by atoms with Crippen LogP contribution in [-0.4, -0.2) is 25.5 Å². The molecule has 1 aromatic carbocycles. The summed E-state index contributed by atoms with van der Waals surface area (Å²) in [5, 5.41) is 8.98. The van der Waals surface area contributed by atoms with Crippen molar-refractivity contribution in [3.63, 3.8) is 0 Å². The average Bonchev–Trinajstić information content (AvgIpc) is 2.24. The van der Waals surface area contributed by atoms with Crippen LogP contribution in [0.4, 0.5) is 4.39 Å². The number of benzene rings is 1. The van der Waals surface area contributed by atoms with Gasteiger partial charge in [-0.3, -0.25) is 4.79 Å². The first-order chi connectivity index (χ1) is 8.65. The van der Waals surface area contributed by atoms with Crippen LogP contribution in [-0.2, 0) is 14.8 Å². The first-order valence-electron chi connectivity index (χ1n) is 5.66. The Morgan fingerprint density at radius 3 is 2.37 bits per heavy atom. The van der Waals surface area contributed by atoms with Gasteiger partial charge in [-0.25, -0.2) is 12.8 Å². The largest absolute Gasteiger partial charge is 0.480 e. The van der Waals surface area contributed by atoms with E-state index in [1.165, 1.54) is 6.92 Å². The van der Waals surface area contributed by atoms with Crippen molar-refractivity contribution in [2.75, 3.05) is 0 Å². The van der Waals surface area contributed by atoms with Gasteiger partial charge in [-0.2, -0.15) is 4.72 Å². The molecule has 0 aliphatic heterocycles. The topological polar surface area (TPSA) is 83.5 Å². The van der Waals surface area contributed by atoms with Gasteiger partial charge in [0.1, 0.15) is 11.9 Å². The molecule has 1 rings (SSSR count). The van der Waals surface area contributed by atoms with Crippen LogP contribution in [0, 0.1) is 18.7 Å². The highest BCUT2D eigenvalue weighted by Crippen LogP contribution is 2.17. The summed E-state index contributed by atoms with van der Waals surface area (Å²) in [7, 11) is -3.99. The first kappa shape index (κ1) is 15.6. The van der Waals surface area contributed by atoms with Crippen LogP contribution in [0.5, 0.6) is 0 Å². The number of carboxylic acids is 1. The van der Waals surface area contributed by atoms with E-state index >= 15 is 0 Å². The normalized spacial score (nSPS) is 13.5. The van der Waals surface area contributed by atoms with Gasteiger partial charge in [-0.1, -0.05) is 13.8 Å². The number of aliphatic carboxylic acids is 1. The van der Waals surface area contributed by atoms with Crippen molar-refractivity contribution in [3.05, 3.63) is 29.6 Å². The standard InChI is InChI=1S/C12H16FNO4S/c1-7(2)11(12(15)16)14-19(17,18)10-5-4-9(13)6-8(10)3/h4-7,11,14H,1-3H3,(H,15,16). The Morgan fingerprint density at radius 1 is 1.37 bits per heavy atom. The van der Waals surface area contributed by atoms with Gasteiger partial charge in [0.2, 0.25) is 10.0 Å². The Kier molecular flexibility index (Phi) is 4.65. The quantitative estimate of drug-likeness (QED) is 0.861. The van der Waals surface area contributed by atoms with E-state index in [1.807, 2.05) is 0 Å². The zero-order valence-corrected chi connectivity index (χ0v) is 11.7. The summed E-state index contributed by atoms with van der Waals surface area (Å²) < 4.78 is 39.2. The fourth-order valence-corrected chi connectivity index (χ4v) is 3.18. The van der Waals surface area contributed by atoms with E-state index in [1.54, 1.807) is 13.8 Å². The maximum Gasteiger partial charge on any atom is 0.322 e. The van der Waals surface area contributed by atoms with E-state index in [2.05, 4.69) is 4.72 Å². The molecule has 1 unspecified atom stereocenters. The summed E-state index contributed by atoms with van der Waals surface area (Å²) >= 11 is 0. The van der Waals surface area contributed by atoms with Gasteiger partial charge in [0.05, 0.1) is 4.90 Å². The number of nitrogens with one attached hydrogen (secondary N) is 1. The van der Waals surface area contributed by atoms with Crippen LogP contribution < -0.4 is 4.72 Å². The van der Waals surface area contributed by atoms with Crippen molar-refractivity contribution in [1.82, 2.24) is 4.72 Å². The SMILES string of the molecule is Cc1cc(F)ccc1S(=O)(=O)NC(C(=O)O)C(C)C. The predicted octanol–water partition coefficient (Wildman–Crippen LogP) is 1.52. The molecule has 0 bridgehead atoms. The van der Waals surface area contributed by atoms with Gasteiger partial charge in [0, 0.05) is 0 Å². The lowest BCUT2D eigenvalue weighted by molar-refractivity contribution is -0.140. The van der Waals surface area contributed by atoms with E-state index in [0.717, 1.165) is 18.2 Å². The zero-order chi connectivity index (χ0) is 14.8. The van der Waals surface area contributed by atoms with Crippen molar-refractivity contribution in [1.29, 1.82) is 0 Å². The molecule has 0 aliphatic carbocycles. The number of sulfonamides is 1. The highest BCUT2D eigenvalue weighted by molar-refractivity contribution is 7.89. The molecule has 0 spiro atoms. The fraction of sp³-hybridized carbons (Fsp3) is 0.417. The Hall–Kier alpha value is -1.47. The van der Waals surface area contributed by atoms with Crippen LogP contribution in [0.1, 0.15) is 19.4 Å². The van der Waals surface area contributed by atoms with Gasteiger partial charge < -0.3 is 5.11 Å². The summed E-state index contributed by atoms with van der Waals surface area (Å²) in [6, 6.07) is 1.99. The second-order valence-corrected chi connectivity index (χ2v) is 6.27. The third kappa shape index (κ3) is 3.74. The smallest absolute Gasteiger partial charge is 0.322 e. The summed E-state index contributed by atoms with van der Waals surface area (Å²) in [5.41, 5.74) is 0.223. The van der Waals surface area contributed by atoms with Crippen molar-refractivity contribution in [2.24, 2.45) is 5.92 Å². The summed E-state index contributed by atoms with van der Waals surface area (Å²) in [6.07, 6.45) is 0. The first-order valence-corrected chi connectivity index (χ1v) is 7.14. The number of aryl methyl sites for hydroxylation is 1. The van der Waals surface area contributed by atoms with Crippen molar-refractivity contribution >= 4 is 16.0 Å². The maximum atomic E-state index is 12.9. The number of hydrogen-bond acceptors (Lipinski definition) is 3. The summed E-state index contributed by atoms with van der Waals surface area (Å²) in [4.78, 5) is 10.9. The van der Waals surface area contributed by atoms with Crippen molar-refractivity contribution in [2.45, 2.75) is 31.7 Å². The van der Waals surface area contributed by atoms with Crippen LogP contribution in [0.25, 0.3) is 0 Å². The zero-order valence-electron chi connectivity index (χ0n) is 10.8. The Morgan fingerprint density at radius 2 is 1.95 bits per heavy atom. The number of carbonyl (C=O) groups is 1. The lowest BCUT2D eigenvalue weighted by Crippen LogP contribution is -2.44. The van der Waals surface area contributed by atoms with Crippen LogP contribution in [0.2, 0.25) is 0 Å². The third-order valence-electron chi connectivity index (χ3n) is 2.64. The van der Waals surface area contributed by atoms with E-state index in [4.69, 9.17) is 5.11 Å². The molecule has 106 valence electrons. The van der Waals surface area contributed by atoms with Gasteiger partial charge in [0.25, 0.3) is 0 Å². The van der Waals surface area contributed by atoms with Crippen LogP contribution in [0.3, 0.4) is 0 Å². The van der Waals surface area contributed by atoms with E-state index in [9.17, 15) is 17.6 Å². The highest BCUT2D eigenvalue weighted by Gasteiger charge is 2.28. The van der Waals surface area contributed by atoms with Gasteiger partial charge >= 0.3 is 5.97 Å². The highest BCUT2D eigenvalue weighted by atomic mass is 32.2. The molecule has 1 aromatic rings. The maximum absolute atomic E-state index is 12.9.